The van der Waals surface area contributed by atoms with E-state index in [9.17, 15) is 9.59 Å². The minimum absolute atomic E-state index is 0.0374. The molecule has 0 bridgehead atoms. The summed E-state index contributed by atoms with van der Waals surface area (Å²) in [5.74, 6) is -0.0402. The molecular weight excluding hydrogens is 296 g/mol. The zero-order chi connectivity index (χ0) is 16.2. The van der Waals surface area contributed by atoms with Crippen LogP contribution in [-0.4, -0.2) is 53.0 Å². The van der Waals surface area contributed by atoms with E-state index in [-0.39, 0.29) is 11.8 Å². The third kappa shape index (κ3) is 3.93. The van der Waals surface area contributed by atoms with Crippen molar-refractivity contribution >= 4 is 11.9 Å². The van der Waals surface area contributed by atoms with E-state index in [1.807, 2.05) is 12.1 Å². The molecular formula is C17H24N2O4. The highest BCUT2D eigenvalue weighted by atomic mass is 16.4. The molecule has 1 unspecified atom stereocenters. The van der Waals surface area contributed by atoms with Crippen LogP contribution in [0.1, 0.15) is 31.4 Å². The SMILES string of the molecule is O=C(O)C1CCCN(C(=O)C2CCN(Cc3ccco3)CC2)C1. The quantitative estimate of drug-likeness (QED) is 0.916. The molecule has 1 amide bonds. The molecule has 0 aliphatic carbocycles. The Morgan fingerprint density at radius 2 is 1.96 bits per heavy atom. The van der Waals surface area contributed by atoms with Crippen LogP contribution in [0, 0.1) is 11.8 Å². The van der Waals surface area contributed by atoms with Gasteiger partial charge >= 0.3 is 5.97 Å². The number of piperidine rings is 2. The Bertz CT molecular complexity index is 535. The Hall–Kier alpha value is -1.82. The lowest BCUT2D eigenvalue weighted by atomic mass is 9.92. The van der Waals surface area contributed by atoms with Gasteiger partial charge in [-0.05, 0) is 50.9 Å². The lowest BCUT2D eigenvalue weighted by molar-refractivity contribution is -0.147. The maximum atomic E-state index is 12.6. The van der Waals surface area contributed by atoms with Gasteiger partial charge in [0.05, 0.1) is 18.7 Å². The lowest BCUT2D eigenvalue weighted by Gasteiger charge is -2.36. The molecule has 2 saturated heterocycles. The van der Waals surface area contributed by atoms with Gasteiger partial charge in [0.15, 0.2) is 0 Å². The zero-order valence-corrected chi connectivity index (χ0v) is 13.3. The summed E-state index contributed by atoms with van der Waals surface area (Å²) in [6.45, 7) is 3.63. The molecule has 126 valence electrons. The van der Waals surface area contributed by atoms with E-state index in [0.29, 0.717) is 19.5 Å². The fourth-order valence-corrected chi connectivity index (χ4v) is 3.60. The minimum Gasteiger partial charge on any atom is -0.481 e. The molecule has 0 radical (unpaired) electrons. The number of nitrogens with zero attached hydrogens (tertiary/aromatic N) is 2. The van der Waals surface area contributed by atoms with Crippen molar-refractivity contribution in [2.75, 3.05) is 26.2 Å². The average molecular weight is 320 g/mol. The van der Waals surface area contributed by atoms with Crippen LogP contribution >= 0.6 is 0 Å². The van der Waals surface area contributed by atoms with E-state index in [2.05, 4.69) is 4.90 Å². The molecule has 0 saturated carbocycles. The van der Waals surface area contributed by atoms with Gasteiger partial charge in [0, 0.05) is 19.0 Å². The molecule has 1 aromatic rings. The molecule has 1 atom stereocenters. The van der Waals surface area contributed by atoms with E-state index in [1.165, 1.54) is 0 Å². The highest BCUT2D eigenvalue weighted by Gasteiger charge is 2.33. The van der Waals surface area contributed by atoms with Crippen LogP contribution in [-0.2, 0) is 16.1 Å². The van der Waals surface area contributed by atoms with Crippen LogP contribution in [0.3, 0.4) is 0 Å². The van der Waals surface area contributed by atoms with Gasteiger partial charge in [-0.2, -0.15) is 0 Å². The topological polar surface area (TPSA) is 74.0 Å². The first-order chi connectivity index (χ1) is 11.1. The summed E-state index contributed by atoms with van der Waals surface area (Å²) in [5.41, 5.74) is 0. The molecule has 0 aromatic carbocycles. The van der Waals surface area contributed by atoms with Gasteiger partial charge < -0.3 is 14.4 Å². The zero-order valence-electron chi connectivity index (χ0n) is 13.3. The second-order valence-corrected chi connectivity index (χ2v) is 6.59. The van der Waals surface area contributed by atoms with Gasteiger partial charge in [-0.25, -0.2) is 0 Å². The maximum Gasteiger partial charge on any atom is 0.308 e. The molecule has 3 heterocycles. The van der Waals surface area contributed by atoms with Crippen molar-refractivity contribution in [2.45, 2.75) is 32.2 Å². The van der Waals surface area contributed by atoms with Crippen LogP contribution in [0.2, 0.25) is 0 Å². The van der Waals surface area contributed by atoms with E-state index >= 15 is 0 Å². The Balaban J connectivity index is 1.49. The van der Waals surface area contributed by atoms with Crippen LogP contribution in [0.4, 0.5) is 0 Å². The molecule has 1 aromatic heterocycles. The number of carboxylic acid groups (broad SMARTS) is 1. The fraction of sp³-hybridized carbons (Fsp3) is 0.647. The summed E-state index contributed by atoms with van der Waals surface area (Å²) in [7, 11) is 0. The van der Waals surface area contributed by atoms with Crippen LogP contribution in [0.15, 0.2) is 22.8 Å². The van der Waals surface area contributed by atoms with Gasteiger partial charge in [0.2, 0.25) is 5.91 Å². The summed E-state index contributed by atoms with van der Waals surface area (Å²) in [6.07, 6.45) is 4.84. The summed E-state index contributed by atoms with van der Waals surface area (Å²) in [4.78, 5) is 27.9. The van der Waals surface area contributed by atoms with Crippen molar-refractivity contribution in [3.8, 4) is 0 Å². The predicted octanol–water partition coefficient (Wildman–Crippen LogP) is 1.81. The van der Waals surface area contributed by atoms with Gasteiger partial charge in [-0.1, -0.05) is 0 Å². The first kappa shape index (κ1) is 16.1. The largest absolute Gasteiger partial charge is 0.481 e. The normalized spacial score (nSPS) is 23.8. The average Bonchev–Trinajstić information content (AvgIpc) is 3.08. The molecule has 2 fully saturated rings. The molecule has 6 heteroatoms. The van der Waals surface area contributed by atoms with Crippen molar-refractivity contribution in [1.82, 2.24) is 9.80 Å². The maximum absolute atomic E-state index is 12.6. The number of hydrogen-bond acceptors (Lipinski definition) is 4. The molecule has 6 nitrogen and oxygen atoms in total. The minimum atomic E-state index is -0.782. The summed E-state index contributed by atoms with van der Waals surface area (Å²) < 4.78 is 5.37. The Morgan fingerprint density at radius 1 is 1.17 bits per heavy atom. The third-order valence-electron chi connectivity index (χ3n) is 4.98. The number of aliphatic carboxylic acids is 1. The first-order valence-electron chi connectivity index (χ1n) is 8.40. The number of carbonyl (C=O) groups is 2. The molecule has 3 rings (SSSR count). The first-order valence-corrected chi connectivity index (χ1v) is 8.40. The van der Waals surface area contributed by atoms with E-state index in [0.717, 1.165) is 44.7 Å². The van der Waals surface area contributed by atoms with Crippen molar-refractivity contribution < 1.29 is 19.1 Å². The van der Waals surface area contributed by atoms with Crippen LogP contribution in [0.25, 0.3) is 0 Å². The molecule has 1 N–H and O–H groups in total. The number of furan rings is 1. The fourth-order valence-electron chi connectivity index (χ4n) is 3.60. The van der Waals surface area contributed by atoms with E-state index in [1.54, 1.807) is 11.2 Å². The monoisotopic (exact) mass is 320 g/mol. The highest BCUT2D eigenvalue weighted by Crippen LogP contribution is 2.24. The lowest BCUT2D eigenvalue weighted by Crippen LogP contribution is -2.47. The van der Waals surface area contributed by atoms with E-state index < -0.39 is 11.9 Å². The smallest absolute Gasteiger partial charge is 0.308 e. The number of amides is 1. The van der Waals surface area contributed by atoms with Crippen molar-refractivity contribution in [2.24, 2.45) is 11.8 Å². The second-order valence-electron chi connectivity index (χ2n) is 6.59. The van der Waals surface area contributed by atoms with Gasteiger partial charge in [0.1, 0.15) is 5.76 Å². The van der Waals surface area contributed by atoms with Crippen molar-refractivity contribution in [3.63, 3.8) is 0 Å². The second kappa shape index (κ2) is 7.17. The number of rotatable bonds is 4. The number of hydrogen-bond donors (Lipinski definition) is 1. The third-order valence-corrected chi connectivity index (χ3v) is 4.98. The Labute approximate surface area is 136 Å². The molecule has 0 spiro atoms. The Morgan fingerprint density at radius 3 is 2.61 bits per heavy atom. The molecule has 2 aliphatic heterocycles. The van der Waals surface area contributed by atoms with Crippen LogP contribution < -0.4 is 0 Å². The number of carbonyl (C=O) groups excluding carboxylic acids is 1. The van der Waals surface area contributed by atoms with Gasteiger partial charge in [-0.3, -0.25) is 14.5 Å². The van der Waals surface area contributed by atoms with Gasteiger partial charge in [-0.15, -0.1) is 0 Å². The Kier molecular flexibility index (Phi) is 5.00. The number of likely N-dealkylation sites (tertiary alicyclic amines) is 2. The van der Waals surface area contributed by atoms with Crippen LogP contribution in [0.5, 0.6) is 0 Å². The molecule has 23 heavy (non-hydrogen) atoms. The standard InChI is InChI=1S/C17H24N2O4/c20-16(19-7-1-3-14(11-19)17(21)22)13-5-8-18(9-6-13)12-15-4-2-10-23-15/h2,4,10,13-14H,1,3,5-9,11-12H2,(H,21,22). The summed E-state index contributed by atoms with van der Waals surface area (Å²) >= 11 is 0. The van der Waals surface area contributed by atoms with E-state index in [4.69, 9.17) is 9.52 Å². The predicted molar refractivity (Wildman–Crippen MR) is 83.6 cm³/mol. The summed E-state index contributed by atoms with van der Waals surface area (Å²) in [5, 5.41) is 9.15. The number of carboxylic acids is 1. The highest BCUT2D eigenvalue weighted by molar-refractivity contribution is 5.80. The summed E-state index contributed by atoms with van der Waals surface area (Å²) in [6, 6.07) is 3.86. The van der Waals surface area contributed by atoms with Gasteiger partial charge in [0.25, 0.3) is 0 Å². The van der Waals surface area contributed by atoms with Crippen molar-refractivity contribution in [3.05, 3.63) is 24.2 Å². The molecule has 2 aliphatic rings. The van der Waals surface area contributed by atoms with Crippen molar-refractivity contribution in [1.29, 1.82) is 0 Å².